The van der Waals surface area contributed by atoms with Gasteiger partial charge in [0.05, 0.1) is 4.99 Å². The van der Waals surface area contributed by atoms with Gasteiger partial charge in [-0.05, 0) is 24.1 Å². The molecule has 3 aromatic rings. The smallest absolute Gasteiger partial charge is 0.160 e. The van der Waals surface area contributed by atoms with Crippen molar-refractivity contribution in [1.29, 1.82) is 0 Å². The Balaban J connectivity index is 2.05. The molecule has 0 aliphatic rings. The SMILES string of the molecule is Cc1cnc2c(c1)nc(Cc1ccccc1)n2CC(C)C(N)=S. The van der Waals surface area contributed by atoms with Crippen LogP contribution in [0.2, 0.25) is 0 Å². The third-order valence-corrected chi connectivity index (χ3v) is 4.35. The fourth-order valence-electron chi connectivity index (χ4n) is 2.63. The van der Waals surface area contributed by atoms with Crippen LogP contribution in [-0.4, -0.2) is 19.5 Å². The van der Waals surface area contributed by atoms with E-state index in [1.807, 2.05) is 38.2 Å². The van der Waals surface area contributed by atoms with Crippen LogP contribution in [0.25, 0.3) is 11.2 Å². The molecule has 2 N–H and O–H groups in total. The first-order chi connectivity index (χ1) is 11.0. The highest BCUT2D eigenvalue weighted by molar-refractivity contribution is 7.80. The monoisotopic (exact) mass is 324 g/mol. The topological polar surface area (TPSA) is 56.7 Å². The fraction of sp³-hybridized carbons (Fsp3) is 0.278. The summed E-state index contributed by atoms with van der Waals surface area (Å²) in [6.07, 6.45) is 2.64. The predicted molar refractivity (Wildman–Crippen MR) is 97.5 cm³/mol. The summed E-state index contributed by atoms with van der Waals surface area (Å²) in [6.45, 7) is 4.76. The minimum absolute atomic E-state index is 0.0972. The summed E-state index contributed by atoms with van der Waals surface area (Å²) in [6, 6.07) is 12.4. The molecule has 118 valence electrons. The average molecular weight is 324 g/mol. The van der Waals surface area contributed by atoms with E-state index in [1.54, 1.807) is 0 Å². The zero-order chi connectivity index (χ0) is 16.4. The molecule has 0 fully saturated rings. The Morgan fingerprint density at radius 1 is 1.30 bits per heavy atom. The lowest BCUT2D eigenvalue weighted by Gasteiger charge is -2.14. The van der Waals surface area contributed by atoms with Crippen molar-refractivity contribution in [3.05, 3.63) is 59.5 Å². The first-order valence-electron chi connectivity index (χ1n) is 7.69. The largest absolute Gasteiger partial charge is 0.393 e. The summed E-state index contributed by atoms with van der Waals surface area (Å²) in [7, 11) is 0. The van der Waals surface area contributed by atoms with Gasteiger partial charge in [-0.1, -0.05) is 49.5 Å². The van der Waals surface area contributed by atoms with Crippen molar-refractivity contribution in [3.8, 4) is 0 Å². The Bertz CT molecular complexity index is 839. The molecular weight excluding hydrogens is 304 g/mol. The number of benzene rings is 1. The summed E-state index contributed by atoms with van der Waals surface area (Å²) in [5.74, 6) is 1.09. The van der Waals surface area contributed by atoms with E-state index in [1.165, 1.54) is 5.56 Å². The first-order valence-corrected chi connectivity index (χ1v) is 8.10. The number of hydrogen-bond acceptors (Lipinski definition) is 3. The van der Waals surface area contributed by atoms with E-state index in [2.05, 4.69) is 27.8 Å². The zero-order valence-corrected chi connectivity index (χ0v) is 14.2. The molecule has 0 aliphatic carbocycles. The molecule has 23 heavy (non-hydrogen) atoms. The number of aryl methyl sites for hydroxylation is 1. The van der Waals surface area contributed by atoms with Gasteiger partial charge < -0.3 is 10.3 Å². The van der Waals surface area contributed by atoms with Gasteiger partial charge in [0.25, 0.3) is 0 Å². The number of thiocarbonyl (C=S) groups is 1. The van der Waals surface area contributed by atoms with Gasteiger partial charge in [-0.25, -0.2) is 9.97 Å². The second-order valence-electron chi connectivity index (χ2n) is 5.96. The number of aromatic nitrogens is 3. The highest BCUT2D eigenvalue weighted by Crippen LogP contribution is 2.19. The second-order valence-corrected chi connectivity index (χ2v) is 6.43. The normalized spacial score (nSPS) is 12.4. The van der Waals surface area contributed by atoms with Crippen LogP contribution in [0.3, 0.4) is 0 Å². The van der Waals surface area contributed by atoms with E-state index in [-0.39, 0.29) is 5.92 Å². The molecule has 0 saturated carbocycles. The van der Waals surface area contributed by atoms with E-state index in [0.717, 1.165) is 29.0 Å². The third kappa shape index (κ3) is 3.40. The van der Waals surface area contributed by atoms with Gasteiger partial charge >= 0.3 is 0 Å². The van der Waals surface area contributed by atoms with E-state index < -0.39 is 0 Å². The summed E-state index contributed by atoms with van der Waals surface area (Å²) >= 11 is 5.13. The number of hydrogen-bond donors (Lipinski definition) is 1. The number of nitrogens with zero attached hydrogens (tertiary/aromatic N) is 3. The minimum atomic E-state index is 0.0972. The summed E-state index contributed by atoms with van der Waals surface area (Å²) in [5.41, 5.74) is 9.95. The molecular formula is C18H20N4S. The molecule has 3 rings (SSSR count). The van der Waals surface area contributed by atoms with Crippen LogP contribution in [0.15, 0.2) is 42.6 Å². The van der Waals surface area contributed by atoms with Crippen molar-refractivity contribution >= 4 is 28.4 Å². The Labute approximate surface area is 141 Å². The molecule has 1 unspecified atom stereocenters. The van der Waals surface area contributed by atoms with Gasteiger partial charge in [0.15, 0.2) is 5.65 Å². The maximum atomic E-state index is 5.80. The molecule has 0 radical (unpaired) electrons. The summed E-state index contributed by atoms with van der Waals surface area (Å²) < 4.78 is 2.14. The lowest BCUT2D eigenvalue weighted by molar-refractivity contribution is 0.588. The second kappa shape index (κ2) is 6.46. The van der Waals surface area contributed by atoms with E-state index in [9.17, 15) is 0 Å². The zero-order valence-electron chi connectivity index (χ0n) is 13.4. The molecule has 0 aliphatic heterocycles. The number of rotatable bonds is 5. The molecule has 2 heterocycles. The van der Waals surface area contributed by atoms with Crippen molar-refractivity contribution in [2.24, 2.45) is 11.7 Å². The molecule has 0 saturated heterocycles. The fourth-order valence-corrected chi connectivity index (χ4v) is 2.70. The molecule has 1 atom stereocenters. The van der Waals surface area contributed by atoms with Crippen molar-refractivity contribution in [2.45, 2.75) is 26.8 Å². The van der Waals surface area contributed by atoms with Crippen LogP contribution in [-0.2, 0) is 13.0 Å². The quantitative estimate of drug-likeness (QED) is 0.732. The Morgan fingerprint density at radius 3 is 2.74 bits per heavy atom. The first kappa shape index (κ1) is 15.6. The molecule has 0 spiro atoms. The third-order valence-electron chi connectivity index (χ3n) is 3.95. The van der Waals surface area contributed by atoms with Crippen LogP contribution in [0.5, 0.6) is 0 Å². The van der Waals surface area contributed by atoms with Crippen LogP contribution in [0, 0.1) is 12.8 Å². The van der Waals surface area contributed by atoms with Gasteiger partial charge in [0.1, 0.15) is 11.3 Å². The minimum Gasteiger partial charge on any atom is -0.393 e. The standard InChI is InChI=1S/C18H20N4S/c1-12-8-15-18(20-10-12)22(11-13(2)17(19)23)16(21-15)9-14-6-4-3-5-7-14/h3-8,10,13H,9,11H2,1-2H3,(H2,19,23). The van der Waals surface area contributed by atoms with Crippen LogP contribution >= 0.6 is 12.2 Å². The number of nitrogens with two attached hydrogens (primary N) is 1. The molecule has 5 heteroatoms. The maximum Gasteiger partial charge on any atom is 0.160 e. The Hall–Kier alpha value is -2.27. The van der Waals surface area contributed by atoms with Crippen molar-refractivity contribution in [3.63, 3.8) is 0 Å². The van der Waals surface area contributed by atoms with Crippen molar-refractivity contribution in [2.75, 3.05) is 0 Å². The summed E-state index contributed by atoms with van der Waals surface area (Å²) in [4.78, 5) is 9.89. The van der Waals surface area contributed by atoms with E-state index in [0.29, 0.717) is 11.5 Å². The highest BCUT2D eigenvalue weighted by atomic mass is 32.1. The molecule has 2 aromatic heterocycles. The maximum absolute atomic E-state index is 5.80. The number of imidazole rings is 1. The van der Waals surface area contributed by atoms with Crippen LogP contribution < -0.4 is 5.73 Å². The average Bonchev–Trinajstić information content (AvgIpc) is 2.84. The highest BCUT2D eigenvalue weighted by Gasteiger charge is 2.16. The van der Waals surface area contributed by atoms with Crippen LogP contribution in [0.4, 0.5) is 0 Å². The molecule has 0 amide bonds. The van der Waals surface area contributed by atoms with Gasteiger partial charge in [-0.3, -0.25) is 0 Å². The Morgan fingerprint density at radius 2 is 2.04 bits per heavy atom. The van der Waals surface area contributed by atoms with Gasteiger partial charge in [-0.15, -0.1) is 0 Å². The number of pyridine rings is 1. The van der Waals surface area contributed by atoms with Gasteiger partial charge in [-0.2, -0.15) is 0 Å². The lowest BCUT2D eigenvalue weighted by atomic mass is 10.1. The molecule has 1 aromatic carbocycles. The van der Waals surface area contributed by atoms with Gasteiger partial charge in [0.2, 0.25) is 0 Å². The lowest BCUT2D eigenvalue weighted by Crippen LogP contribution is -2.24. The number of fused-ring (bicyclic) bond motifs is 1. The van der Waals surface area contributed by atoms with Gasteiger partial charge in [0, 0.05) is 25.1 Å². The van der Waals surface area contributed by atoms with Crippen molar-refractivity contribution < 1.29 is 0 Å². The van der Waals surface area contributed by atoms with E-state index in [4.69, 9.17) is 22.9 Å². The summed E-state index contributed by atoms with van der Waals surface area (Å²) in [5, 5.41) is 0. The van der Waals surface area contributed by atoms with Crippen molar-refractivity contribution in [1.82, 2.24) is 14.5 Å². The molecule has 0 bridgehead atoms. The van der Waals surface area contributed by atoms with Crippen LogP contribution in [0.1, 0.15) is 23.9 Å². The predicted octanol–water partition coefficient (Wildman–Crippen LogP) is 3.25. The van der Waals surface area contributed by atoms with E-state index >= 15 is 0 Å². The molecule has 4 nitrogen and oxygen atoms in total. The Kier molecular flexibility index (Phi) is 4.39.